The van der Waals surface area contributed by atoms with Crippen molar-refractivity contribution in [3.63, 3.8) is 0 Å². The molecule has 0 aromatic heterocycles. The van der Waals surface area contributed by atoms with E-state index in [1.54, 1.807) is 14.0 Å². The van der Waals surface area contributed by atoms with E-state index < -0.39 is 0 Å². The Kier molecular flexibility index (Phi) is 3.17. The number of methoxy groups -OCH3 is 1. The molecule has 4 heteroatoms. The van der Waals surface area contributed by atoms with E-state index >= 15 is 0 Å². The highest BCUT2D eigenvalue weighted by Crippen LogP contribution is 2.33. The van der Waals surface area contributed by atoms with Crippen LogP contribution in [0.3, 0.4) is 0 Å². The first-order valence-electron chi connectivity index (χ1n) is 3.70. The van der Waals surface area contributed by atoms with Crippen LogP contribution in [0.1, 0.15) is 13.8 Å². The third kappa shape index (κ3) is 1.81. The van der Waals surface area contributed by atoms with E-state index in [-0.39, 0.29) is 17.2 Å². The molecule has 0 saturated carbocycles. The minimum absolute atomic E-state index is 0.105. The lowest BCUT2D eigenvalue weighted by atomic mass is 10.2. The summed E-state index contributed by atoms with van der Waals surface area (Å²) >= 11 is 1.29. The molecule has 0 aromatic rings. The monoisotopic (exact) mass is 188 g/mol. The molecule has 0 N–H and O–H groups in total. The van der Waals surface area contributed by atoms with E-state index in [1.165, 1.54) is 11.8 Å². The van der Waals surface area contributed by atoms with Gasteiger partial charge >= 0.3 is 0 Å². The molecule has 0 amide bonds. The van der Waals surface area contributed by atoms with Crippen molar-refractivity contribution in [2.24, 2.45) is 0 Å². The van der Waals surface area contributed by atoms with Crippen LogP contribution in [0.25, 0.3) is 0 Å². The van der Waals surface area contributed by atoms with Gasteiger partial charge < -0.3 is 9.47 Å². The maximum atomic E-state index is 11.1. The first-order chi connectivity index (χ1) is 5.66. The summed E-state index contributed by atoms with van der Waals surface area (Å²) in [6.45, 7) is 3.94. The Hall–Kier alpha value is -0.480. The van der Waals surface area contributed by atoms with E-state index in [9.17, 15) is 4.79 Å². The van der Waals surface area contributed by atoms with Gasteiger partial charge in [-0.1, -0.05) is 11.8 Å². The van der Waals surface area contributed by atoms with Crippen molar-refractivity contribution in [1.29, 1.82) is 0 Å². The molecule has 1 aliphatic heterocycles. The van der Waals surface area contributed by atoms with Crippen LogP contribution in [0.4, 0.5) is 0 Å². The van der Waals surface area contributed by atoms with Gasteiger partial charge in [-0.3, -0.25) is 4.79 Å². The van der Waals surface area contributed by atoms with E-state index in [4.69, 9.17) is 9.47 Å². The Balaban J connectivity index is 2.65. The van der Waals surface area contributed by atoms with Crippen LogP contribution in [0.2, 0.25) is 0 Å². The third-order valence-electron chi connectivity index (χ3n) is 1.66. The van der Waals surface area contributed by atoms with Crippen LogP contribution >= 0.6 is 11.8 Å². The van der Waals surface area contributed by atoms with Crippen molar-refractivity contribution < 1.29 is 14.3 Å². The normalized spacial score (nSPS) is 23.6. The van der Waals surface area contributed by atoms with Crippen molar-refractivity contribution in [1.82, 2.24) is 0 Å². The van der Waals surface area contributed by atoms with Crippen LogP contribution in [-0.4, -0.2) is 24.3 Å². The summed E-state index contributed by atoms with van der Waals surface area (Å²) in [5.74, 6) is 0.756. The molecule has 1 heterocycles. The zero-order chi connectivity index (χ0) is 9.14. The summed E-state index contributed by atoms with van der Waals surface area (Å²) in [4.78, 5) is 11.1. The van der Waals surface area contributed by atoms with Crippen molar-refractivity contribution in [2.75, 3.05) is 13.9 Å². The average molecular weight is 188 g/mol. The highest BCUT2D eigenvalue weighted by Gasteiger charge is 2.28. The molecule has 0 fully saturated rings. The van der Waals surface area contributed by atoms with Crippen LogP contribution in [0.5, 0.6) is 0 Å². The van der Waals surface area contributed by atoms with Gasteiger partial charge in [-0.25, -0.2) is 0 Å². The van der Waals surface area contributed by atoms with Crippen molar-refractivity contribution in [3.05, 3.63) is 11.3 Å². The summed E-state index contributed by atoms with van der Waals surface area (Å²) in [6, 6.07) is 0. The molecule has 68 valence electrons. The first kappa shape index (κ1) is 9.61. The molecule has 0 aromatic carbocycles. The fraction of sp³-hybridized carbons (Fsp3) is 0.625. The van der Waals surface area contributed by atoms with Crippen molar-refractivity contribution in [3.8, 4) is 0 Å². The second-order valence-electron chi connectivity index (χ2n) is 2.59. The quantitative estimate of drug-likeness (QED) is 0.629. The van der Waals surface area contributed by atoms with Gasteiger partial charge in [-0.15, -0.1) is 0 Å². The lowest BCUT2D eigenvalue weighted by Crippen LogP contribution is -2.04. The summed E-state index contributed by atoms with van der Waals surface area (Å²) in [5, 5.41) is 0.237. The standard InChI is InChI=1S/C8H12O3S/c1-5-7(11-4-10-3)6(2)12-8(5)9/h6H,4H2,1-3H3. The second kappa shape index (κ2) is 3.96. The second-order valence-corrected chi connectivity index (χ2v) is 3.90. The van der Waals surface area contributed by atoms with Gasteiger partial charge in [0.1, 0.15) is 5.76 Å². The number of ether oxygens (including phenoxy) is 2. The van der Waals surface area contributed by atoms with Crippen molar-refractivity contribution >= 4 is 16.9 Å². The SMILES string of the molecule is COCOC1=C(C)C(=O)SC1C. The van der Waals surface area contributed by atoms with E-state index in [2.05, 4.69) is 0 Å². The number of hydrogen-bond donors (Lipinski definition) is 0. The number of thioether (sulfide) groups is 1. The van der Waals surface area contributed by atoms with Gasteiger partial charge in [-0.05, 0) is 13.8 Å². The summed E-state index contributed by atoms with van der Waals surface area (Å²) < 4.78 is 10.0. The van der Waals surface area contributed by atoms with E-state index in [1.807, 2.05) is 6.92 Å². The number of carbonyl (C=O) groups is 1. The molecule has 1 unspecified atom stereocenters. The topological polar surface area (TPSA) is 35.5 Å². The number of carbonyl (C=O) groups excluding carboxylic acids is 1. The molecule has 1 aliphatic rings. The molecule has 0 bridgehead atoms. The van der Waals surface area contributed by atoms with E-state index in [0.29, 0.717) is 5.57 Å². The maximum absolute atomic E-state index is 11.1. The van der Waals surface area contributed by atoms with E-state index in [0.717, 1.165) is 5.76 Å². The highest BCUT2D eigenvalue weighted by atomic mass is 32.2. The Morgan fingerprint density at radius 2 is 2.25 bits per heavy atom. The van der Waals surface area contributed by atoms with Crippen LogP contribution in [-0.2, 0) is 14.3 Å². The molecule has 0 saturated heterocycles. The number of rotatable bonds is 3. The van der Waals surface area contributed by atoms with Crippen LogP contribution in [0.15, 0.2) is 11.3 Å². The Morgan fingerprint density at radius 3 is 2.67 bits per heavy atom. The van der Waals surface area contributed by atoms with Gasteiger partial charge in [-0.2, -0.15) is 0 Å². The molecular weight excluding hydrogens is 176 g/mol. The lowest BCUT2D eigenvalue weighted by molar-refractivity contribution is -0.107. The summed E-state index contributed by atoms with van der Waals surface area (Å²) in [5.41, 5.74) is 0.713. The Labute approximate surface area is 76.1 Å². The van der Waals surface area contributed by atoms with Crippen LogP contribution in [0, 0.1) is 0 Å². The predicted molar refractivity (Wildman–Crippen MR) is 47.7 cm³/mol. The Bertz CT molecular complexity index is 222. The zero-order valence-electron chi connectivity index (χ0n) is 7.42. The molecule has 0 aliphatic carbocycles. The predicted octanol–water partition coefficient (Wildman–Crippen LogP) is 1.54. The van der Waals surface area contributed by atoms with Gasteiger partial charge in [0, 0.05) is 12.7 Å². The van der Waals surface area contributed by atoms with Gasteiger partial charge in [0.2, 0.25) is 5.12 Å². The minimum Gasteiger partial charge on any atom is -0.470 e. The maximum Gasteiger partial charge on any atom is 0.219 e. The fourth-order valence-corrected chi connectivity index (χ4v) is 2.01. The molecule has 3 nitrogen and oxygen atoms in total. The fourth-order valence-electron chi connectivity index (χ4n) is 1.06. The summed E-state index contributed by atoms with van der Waals surface area (Å²) in [6.07, 6.45) is 0. The van der Waals surface area contributed by atoms with Gasteiger partial charge in [0.25, 0.3) is 0 Å². The lowest BCUT2D eigenvalue weighted by Gasteiger charge is -2.09. The molecule has 1 rings (SSSR count). The van der Waals surface area contributed by atoms with Crippen LogP contribution < -0.4 is 0 Å². The average Bonchev–Trinajstić information content (AvgIpc) is 2.25. The molecule has 1 atom stereocenters. The van der Waals surface area contributed by atoms with Gasteiger partial charge in [0.05, 0.1) is 5.25 Å². The first-order valence-corrected chi connectivity index (χ1v) is 4.58. The summed E-state index contributed by atoms with van der Waals surface area (Å²) in [7, 11) is 1.56. The molecule has 12 heavy (non-hydrogen) atoms. The third-order valence-corrected chi connectivity index (χ3v) is 2.75. The minimum atomic E-state index is 0.105. The largest absolute Gasteiger partial charge is 0.470 e. The van der Waals surface area contributed by atoms with Gasteiger partial charge in [0.15, 0.2) is 6.79 Å². The number of hydrogen-bond acceptors (Lipinski definition) is 4. The molecule has 0 radical (unpaired) electrons. The zero-order valence-corrected chi connectivity index (χ0v) is 8.23. The smallest absolute Gasteiger partial charge is 0.219 e. The highest BCUT2D eigenvalue weighted by molar-refractivity contribution is 8.15. The van der Waals surface area contributed by atoms with Crippen molar-refractivity contribution in [2.45, 2.75) is 19.1 Å². The Morgan fingerprint density at radius 1 is 1.58 bits per heavy atom. The molecular formula is C8H12O3S. The molecule has 0 spiro atoms.